The van der Waals surface area contributed by atoms with Crippen molar-refractivity contribution < 1.29 is 4.79 Å². The van der Waals surface area contributed by atoms with Gasteiger partial charge < -0.3 is 11.1 Å². The second kappa shape index (κ2) is 6.25. The van der Waals surface area contributed by atoms with Gasteiger partial charge in [0.2, 0.25) is 5.91 Å². The van der Waals surface area contributed by atoms with Gasteiger partial charge in [0, 0.05) is 29.3 Å². The lowest BCUT2D eigenvalue weighted by atomic mass is 9.89. The Bertz CT molecular complexity index is 395. The number of carbonyl (C=O) groups excluding carboxylic acids is 1. The van der Waals surface area contributed by atoms with Crippen molar-refractivity contribution in [2.45, 2.75) is 38.6 Å². The minimum absolute atomic E-state index is 0.0508. The zero-order chi connectivity index (χ0) is 13.8. The van der Waals surface area contributed by atoms with Crippen molar-refractivity contribution in [3.8, 4) is 0 Å². The van der Waals surface area contributed by atoms with Gasteiger partial charge >= 0.3 is 0 Å². The monoisotopic (exact) mass is 266 g/mol. The van der Waals surface area contributed by atoms with Crippen molar-refractivity contribution in [1.82, 2.24) is 0 Å². The van der Waals surface area contributed by atoms with Gasteiger partial charge in [-0.2, -0.15) is 0 Å². The molecule has 1 unspecified atom stereocenters. The summed E-state index contributed by atoms with van der Waals surface area (Å²) in [5.41, 5.74) is 7.07. The molecule has 0 fully saturated rings. The van der Waals surface area contributed by atoms with Gasteiger partial charge in [-0.1, -0.05) is 20.8 Å². The number of nitrogens with one attached hydrogen (secondary N) is 1. The molecule has 0 bridgehead atoms. The van der Waals surface area contributed by atoms with E-state index in [0.29, 0.717) is 0 Å². The van der Waals surface area contributed by atoms with E-state index < -0.39 is 0 Å². The molecule has 4 heteroatoms. The quantitative estimate of drug-likeness (QED) is 0.823. The fourth-order valence-electron chi connectivity index (χ4n) is 1.27. The van der Waals surface area contributed by atoms with Gasteiger partial charge in [-0.15, -0.1) is 11.8 Å². The SMILES string of the molecule is CC(=O)Nc1ccc(SCC(N)C(C)(C)C)cc1. The third-order valence-corrected chi connectivity index (χ3v) is 3.85. The third kappa shape index (κ3) is 5.10. The van der Waals surface area contributed by atoms with Crippen molar-refractivity contribution in [1.29, 1.82) is 0 Å². The summed E-state index contributed by atoms with van der Waals surface area (Å²) >= 11 is 1.75. The Morgan fingerprint density at radius 2 is 1.89 bits per heavy atom. The summed E-state index contributed by atoms with van der Waals surface area (Å²) in [5, 5.41) is 2.75. The van der Waals surface area contributed by atoms with E-state index in [0.717, 1.165) is 11.4 Å². The third-order valence-electron chi connectivity index (χ3n) is 2.72. The molecule has 1 aromatic rings. The summed E-state index contributed by atoms with van der Waals surface area (Å²) in [7, 11) is 0. The summed E-state index contributed by atoms with van der Waals surface area (Å²) in [5.74, 6) is 0.841. The number of anilines is 1. The van der Waals surface area contributed by atoms with Crippen LogP contribution in [0.4, 0.5) is 5.69 Å². The molecule has 1 atom stereocenters. The molecule has 3 N–H and O–H groups in total. The summed E-state index contributed by atoms with van der Waals surface area (Å²) in [6, 6.07) is 7.99. The summed E-state index contributed by atoms with van der Waals surface area (Å²) in [6.45, 7) is 7.96. The molecule has 0 heterocycles. The smallest absolute Gasteiger partial charge is 0.221 e. The van der Waals surface area contributed by atoms with E-state index in [-0.39, 0.29) is 17.4 Å². The van der Waals surface area contributed by atoms with E-state index in [1.54, 1.807) is 11.8 Å². The van der Waals surface area contributed by atoms with E-state index in [1.165, 1.54) is 11.8 Å². The normalized spacial score (nSPS) is 13.2. The van der Waals surface area contributed by atoms with Crippen LogP contribution >= 0.6 is 11.8 Å². The highest BCUT2D eigenvalue weighted by atomic mass is 32.2. The second-order valence-corrected chi connectivity index (χ2v) is 6.58. The Kier molecular flexibility index (Phi) is 5.23. The van der Waals surface area contributed by atoms with Crippen LogP contribution in [-0.2, 0) is 4.79 Å². The highest BCUT2D eigenvalue weighted by Gasteiger charge is 2.20. The number of amides is 1. The number of benzene rings is 1. The number of hydrogen-bond acceptors (Lipinski definition) is 3. The molecule has 1 aromatic carbocycles. The Hall–Kier alpha value is -1.00. The van der Waals surface area contributed by atoms with Crippen LogP contribution in [0, 0.1) is 5.41 Å². The first kappa shape index (κ1) is 15.1. The van der Waals surface area contributed by atoms with E-state index >= 15 is 0 Å². The zero-order valence-corrected chi connectivity index (χ0v) is 12.3. The van der Waals surface area contributed by atoms with Gasteiger partial charge in [-0.3, -0.25) is 4.79 Å². The fourth-order valence-corrected chi connectivity index (χ4v) is 2.47. The molecule has 1 rings (SSSR count). The Balaban J connectivity index is 2.51. The molecule has 100 valence electrons. The fraction of sp³-hybridized carbons (Fsp3) is 0.500. The van der Waals surface area contributed by atoms with Gasteiger partial charge in [0.15, 0.2) is 0 Å². The maximum absolute atomic E-state index is 10.9. The number of hydrogen-bond donors (Lipinski definition) is 2. The molecular weight excluding hydrogens is 244 g/mol. The van der Waals surface area contributed by atoms with Gasteiger partial charge in [0.25, 0.3) is 0 Å². The average Bonchev–Trinajstić information content (AvgIpc) is 2.25. The van der Waals surface area contributed by atoms with Crippen LogP contribution in [0.1, 0.15) is 27.7 Å². The Labute approximate surface area is 114 Å². The molecule has 18 heavy (non-hydrogen) atoms. The van der Waals surface area contributed by atoms with Gasteiger partial charge in [0.05, 0.1) is 0 Å². The van der Waals surface area contributed by atoms with Crippen LogP contribution in [0.15, 0.2) is 29.2 Å². The molecule has 0 aliphatic rings. The average molecular weight is 266 g/mol. The maximum Gasteiger partial charge on any atom is 0.221 e. The number of carbonyl (C=O) groups is 1. The molecule has 1 amide bonds. The number of rotatable bonds is 4. The predicted molar refractivity (Wildman–Crippen MR) is 78.9 cm³/mol. The van der Waals surface area contributed by atoms with Crippen molar-refractivity contribution >= 4 is 23.4 Å². The zero-order valence-electron chi connectivity index (χ0n) is 11.5. The minimum Gasteiger partial charge on any atom is -0.326 e. The first-order chi connectivity index (χ1) is 8.29. The Morgan fingerprint density at radius 3 is 2.33 bits per heavy atom. The lowest BCUT2D eigenvalue weighted by Crippen LogP contribution is -2.37. The first-order valence-corrected chi connectivity index (χ1v) is 7.03. The summed E-state index contributed by atoms with van der Waals surface area (Å²) in [4.78, 5) is 12.1. The highest BCUT2D eigenvalue weighted by molar-refractivity contribution is 7.99. The van der Waals surface area contributed by atoms with Crippen LogP contribution in [0.2, 0.25) is 0 Å². The van der Waals surface area contributed by atoms with Crippen LogP contribution in [0.5, 0.6) is 0 Å². The van der Waals surface area contributed by atoms with Crippen LogP contribution < -0.4 is 11.1 Å². The predicted octanol–water partition coefficient (Wildman–Crippen LogP) is 3.11. The van der Waals surface area contributed by atoms with Crippen molar-refractivity contribution in [2.75, 3.05) is 11.1 Å². The van der Waals surface area contributed by atoms with Crippen molar-refractivity contribution in [2.24, 2.45) is 11.1 Å². The first-order valence-electron chi connectivity index (χ1n) is 6.05. The molecule has 0 spiro atoms. The van der Waals surface area contributed by atoms with Crippen molar-refractivity contribution in [3.05, 3.63) is 24.3 Å². The van der Waals surface area contributed by atoms with Crippen LogP contribution in [0.3, 0.4) is 0 Å². The number of nitrogens with two attached hydrogens (primary N) is 1. The molecule has 0 aliphatic carbocycles. The van der Waals surface area contributed by atoms with E-state index in [9.17, 15) is 4.79 Å². The maximum atomic E-state index is 10.9. The van der Waals surface area contributed by atoms with E-state index in [1.807, 2.05) is 24.3 Å². The molecule has 3 nitrogen and oxygen atoms in total. The van der Waals surface area contributed by atoms with E-state index in [4.69, 9.17) is 5.73 Å². The second-order valence-electron chi connectivity index (χ2n) is 5.49. The van der Waals surface area contributed by atoms with E-state index in [2.05, 4.69) is 26.1 Å². The standard InChI is InChI=1S/C14H22N2OS/c1-10(17)16-11-5-7-12(8-6-11)18-9-13(15)14(2,3)4/h5-8,13H,9,15H2,1-4H3,(H,16,17). The lowest BCUT2D eigenvalue weighted by molar-refractivity contribution is -0.114. The molecule has 0 saturated heterocycles. The molecular formula is C14H22N2OS. The van der Waals surface area contributed by atoms with Crippen molar-refractivity contribution in [3.63, 3.8) is 0 Å². The molecule has 0 saturated carbocycles. The largest absolute Gasteiger partial charge is 0.326 e. The molecule has 0 radical (unpaired) electrons. The minimum atomic E-state index is -0.0508. The highest BCUT2D eigenvalue weighted by Crippen LogP contribution is 2.26. The summed E-state index contributed by atoms with van der Waals surface area (Å²) < 4.78 is 0. The summed E-state index contributed by atoms with van der Waals surface area (Å²) in [6.07, 6.45) is 0. The topological polar surface area (TPSA) is 55.1 Å². The molecule has 0 aliphatic heterocycles. The number of thioether (sulfide) groups is 1. The van der Waals surface area contributed by atoms with Crippen LogP contribution in [-0.4, -0.2) is 17.7 Å². The van der Waals surface area contributed by atoms with Gasteiger partial charge in [-0.25, -0.2) is 0 Å². The van der Waals surface area contributed by atoms with Gasteiger partial charge in [0.1, 0.15) is 0 Å². The van der Waals surface area contributed by atoms with Crippen LogP contribution in [0.25, 0.3) is 0 Å². The molecule has 0 aromatic heterocycles. The lowest BCUT2D eigenvalue weighted by Gasteiger charge is -2.26. The Morgan fingerprint density at radius 1 is 1.33 bits per heavy atom. The van der Waals surface area contributed by atoms with Gasteiger partial charge in [-0.05, 0) is 29.7 Å².